The predicted molar refractivity (Wildman–Crippen MR) is 194 cm³/mol. The molecule has 276 valence electrons. The second-order valence-electron chi connectivity index (χ2n) is 15.0. The molecule has 1 aliphatic carbocycles. The summed E-state index contributed by atoms with van der Waals surface area (Å²) in [5.74, 6) is -0.257. The quantitative estimate of drug-likeness (QED) is 0.147. The Kier molecular flexibility index (Phi) is 16.7. The number of aliphatic hydroxyl groups is 1. The van der Waals surface area contributed by atoms with Crippen molar-refractivity contribution in [3.8, 4) is 0 Å². The Labute approximate surface area is 298 Å². The van der Waals surface area contributed by atoms with Crippen LogP contribution in [-0.2, 0) is 32.0 Å². The molecule has 4 atom stereocenters. The number of carbonyl (C=O) groups excluding carboxylic acids is 4. The van der Waals surface area contributed by atoms with Gasteiger partial charge in [0.1, 0.15) is 17.7 Å². The van der Waals surface area contributed by atoms with Crippen molar-refractivity contribution in [3.63, 3.8) is 0 Å². The molecule has 0 spiro atoms. The lowest BCUT2D eigenvalue weighted by atomic mass is 9.83. The molecule has 4 amide bonds. The molecular formula is C39H59N5O6. The Morgan fingerprint density at radius 3 is 2.06 bits per heavy atom. The number of aromatic nitrogens is 1. The van der Waals surface area contributed by atoms with Crippen molar-refractivity contribution in [1.29, 1.82) is 0 Å². The summed E-state index contributed by atoms with van der Waals surface area (Å²) < 4.78 is 5.46. The number of aliphatic hydroxyl groups excluding tert-OH is 1. The SMILES string of the molecule is CC(C)CCC(=O)NCC[C@H](O)[C@H](CC1CCCCC1)NC(=O)[C@H](Cc1ccncc1)NC(=O)[C@H](Cc1ccccc1)NC(=O)OC(C)(C)C. The van der Waals surface area contributed by atoms with E-state index < -0.39 is 47.7 Å². The highest BCUT2D eigenvalue weighted by atomic mass is 16.6. The number of alkyl carbamates (subject to hydrolysis) is 1. The maximum absolute atomic E-state index is 14.1. The molecule has 0 aliphatic heterocycles. The van der Waals surface area contributed by atoms with E-state index in [2.05, 4.69) is 40.1 Å². The summed E-state index contributed by atoms with van der Waals surface area (Å²) in [6.45, 7) is 9.67. The fourth-order valence-corrected chi connectivity index (χ4v) is 6.19. The number of carbonyl (C=O) groups is 4. The maximum atomic E-state index is 14.1. The molecule has 11 nitrogen and oxygen atoms in total. The Bertz CT molecular complexity index is 1330. The zero-order valence-electron chi connectivity index (χ0n) is 30.6. The number of ether oxygens (including phenoxy) is 1. The van der Waals surface area contributed by atoms with Crippen LogP contribution < -0.4 is 21.3 Å². The third kappa shape index (κ3) is 15.7. The van der Waals surface area contributed by atoms with Gasteiger partial charge in [-0.2, -0.15) is 0 Å². The molecule has 11 heteroatoms. The molecule has 0 radical (unpaired) electrons. The van der Waals surface area contributed by atoms with E-state index in [0.29, 0.717) is 31.2 Å². The van der Waals surface area contributed by atoms with E-state index in [1.807, 2.05) is 30.3 Å². The lowest BCUT2D eigenvalue weighted by Crippen LogP contribution is -2.57. The Morgan fingerprint density at radius 2 is 1.44 bits per heavy atom. The van der Waals surface area contributed by atoms with Crippen LogP contribution in [0.3, 0.4) is 0 Å². The lowest BCUT2D eigenvalue weighted by molar-refractivity contribution is -0.131. The highest BCUT2D eigenvalue weighted by Crippen LogP contribution is 2.28. The second kappa shape index (κ2) is 20.6. The largest absolute Gasteiger partial charge is 0.444 e. The molecule has 0 saturated heterocycles. The highest BCUT2D eigenvalue weighted by Gasteiger charge is 2.32. The number of hydrogen-bond acceptors (Lipinski definition) is 7. The first-order valence-electron chi connectivity index (χ1n) is 18.3. The van der Waals surface area contributed by atoms with Gasteiger partial charge in [0.05, 0.1) is 12.1 Å². The minimum absolute atomic E-state index is 0.0519. The molecular weight excluding hydrogens is 634 g/mol. The summed E-state index contributed by atoms with van der Waals surface area (Å²) in [6.07, 6.45) is 9.52. The summed E-state index contributed by atoms with van der Waals surface area (Å²) in [6, 6.07) is 10.3. The van der Waals surface area contributed by atoms with Gasteiger partial charge in [-0.3, -0.25) is 19.4 Å². The van der Waals surface area contributed by atoms with Crippen LogP contribution in [-0.4, -0.2) is 70.3 Å². The van der Waals surface area contributed by atoms with E-state index in [4.69, 9.17) is 4.74 Å². The molecule has 1 aliphatic rings. The lowest BCUT2D eigenvalue weighted by Gasteiger charge is -2.32. The summed E-state index contributed by atoms with van der Waals surface area (Å²) in [5.41, 5.74) is 0.839. The van der Waals surface area contributed by atoms with Gasteiger partial charge >= 0.3 is 6.09 Å². The van der Waals surface area contributed by atoms with Crippen LogP contribution in [0.1, 0.15) is 104 Å². The van der Waals surface area contributed by atoms with Crippen molar-refractivity contribution in [1.82, 2.24) is 26.3 Å². The van der Waals surface area contributed by atoms with Crippen LogP contribution >= 0.6 is 0 Å². The summed E-state index contributed by atoms with van der Waals surface area (Å²) in [7, 11) is 0. The van der Waals surface area contributed by atoms with Gasteiger partial charge in [-0.15, -0.1) is 0 Å². The number of hydrogen-bond donors (Lipinski definition) is 5. The minimum Gasteiger partial charge on any atom is -0.444 e. The normalized spacial score (nSPS) is 16.1. The van der Waals surface area contributed by atoms with Crippen LogP contribution in [0.5, 0.6) is 0 Å². The van der Waals surface area contributed by atoms with Gasteiger partial charge < -0.3 is 31.1 Å². The summed E-state index contributed by atoms with van der Waals surface area (Å²) in [5, 5.41) is 23.0. The molecule has 1 aromatic heterocycles. The van der Waals surface area contributed by atoms with Gasteiger partial charge in [0.15, 0.2) is 0 Å². The van der Waals surface area contributed by atoms with Crippen molar-refractivity contribution >= 4 is 23.8 Å². The molecule has 50 heavy (non-hydrogen) atoms. The van der Waals surface area contributed by atoms with Gasteiger partial charge in [-0.1, -0.05) is 76.3 Å². The highest BCUT2D eigenvalue weighted by molar-refractivity contribution is 5.91. The Balaban J connectivity index is 1.80. The van der Waals surface area contributed by atoms with Gasteiger partial charge in [0.2, 0.25) is 17.7 Å². The van der Waals surface area contributed by atoms with Crippen LogP contribution in [0.4, 0.5) is 4.79 Å². The van der Waals surface area contributed by atoms with Crippen molar-refractivity contribution in [2.45, 2.75) is 135 Å². The van der Waals surface area contributed by atoms with Crippen LogP contribution in [0.25, 0.3) is 0 Å². The zero-order chi connectivity index (χ0) is 36.5. The predicted octanol–water partition coefficient (Wildman–Crippen LogP) is 5.00. The first-order valence-corrected chi connectivity index (χ1v) is 18.3. The van der Waals surface area contributed by atoms with Crippen LogP contribution in [0.2, 0.25) is 0 Å². The van der Waals surface area contributed by atoms with Crippen molar-refractivity contribution in [2.24, 2.45) is 11.8 Å². The van der Waals surface area contributed by atoms with Crippen LogP contribution in [0.15, 0.2) is 54.9 Å². The third-order valence-corrected chi connectivity index (χ3v) is 8.93. The Morgan fingerprint density at radius 1 is 0.840 bits per heavy atom. The van der Waals surface area contributed by atoms with Gasteiger partial charge in [-0.25, -0.2) is 4.79 Å². The van der Waals surface area contributed by atoms with E-state index in [9.17, 15) is 24.3 Å². The molecule has 1 saturated carbocycles. The molecule has 1 heterocycles. The number of pyridine rings is 1. The maximum Gasteiger partial charge on any atom is 0.408 e. The monoisotopic (exact) mass is 693 g/mol. The van der Waals surface area contributed by atoms with Crippen molar-refractivity contribution < 1.29 is 29.0 Å². The topological polar surface area (TPSA) is 159 Å². The molecule has 1 fully saturated rings. The summed E-state index contributed by atoms with van der Waals surface area (Å²) in [4.78, 5) is 57.3. The zero-order valence-corrected chi connectivity index (χ0v) is 30.6. The smallest absolute Gasteiger partial charge is 0.408 e. The fourth-order valence-electron chi connectivity index (χ4n) is 6.19. The molecule has 5 N–H and O–H groups in total. The van der Waals surface area contributed by atoms with Crippen LogP contribution in [0, 0.1) is 11.8 Å². The average Bonchev–Trinajstić information content (AvgIpc) is 3.07. The van der Waals surface area contributed by atoms with E-state index in [-0.39, 0.29) is 25.2 Å². The van der Waals surface area contributed by atoms with Crippen molar-refractivity contribution in [2.75, 3.05) is 6.54 Å². The van der Waals surface area contributed by atoms with E-state index in [1.165, 1.54) is 6.42 Å². The second-order valence-corrected chi connectivity index (χ2v) is 15.0. The first-order chi connectivity index (χ1) is 23.8. The van der Waals surface area contributed by atoms with E-state index >= 15 is 0 Å². The van der Waals surface area contributed by atoms with E-state index in [1.54, 1.807) is 45.3 Å². The number of nitrogens with one attached hydrogen (secondary N) is 4. The number of nitrogens with zero attached hydrogens (tertiary/aromatic N) is 1. The van der Waals surface area contributed by atoms with Gasteiger partial charge in [-0.05, 0) is 75.1 Å². The number of rotatable bonds is 18. The molecule has 0 unspecified atom stereocenters. The average molecular weight is 694 g/mol. The van der Waals surface area contributed by atoms with Crippen molar-refractivity contribution in [3.05, 3.63) is 66.0 Å². The molecule has 2 aromatic rings. The summed E-state index contributed by atoms with van der Waals surface area (Å²) >= 11 is 0. The fraction of sp³-hybridized carbons (Fsp3) is 0.615. The number of amides is 4. The Hall–Kier alpha value is -3.99. The molecule has 0 bridgehead atoms. The molecule has 1 aromatic carbocycles. The minimum atomic E-state index is -1.03. The first kappa shape index (κ1) is 40.4. The van der Waals surface area contributed by atoms with Gasteiger partial charge in [0, 0.05) is 38.2 Å². The number of benzene rings is 1. The van der Waals surface area contributed by atoms with Gasteiger partial charge in [0.25, 0.3) is 0 Å². The standard InChI is InChI=1S/C39H59N5O6/c1-27(2)16-17-35(46)41-23-20-34(45)31(24-28-12-8-6-9-13-28)42-36(47)32(26-30-18-21-40-22-19-30)43-37(48)33(25-29-14-10-7-11-15-29)44-38(49)50-39(3,4)5/h7,10-11,14-15,18-19,21-22,27-28,31-34,45H,6,8-9,12-13,16-17,20,23-26H2,1-5H3,(H,41,46)(H,42,47)(H,43,48)(H,44,49)/t31-,32-,33-,34-/m0/s1. The third-order valence-electron chi connectivity index (χ3n) is 8.93. The van der Waals surface area contributed by atoms with E-state index in [0.717, 1.165) is 43.2 Å². The molecule has 3 rings (SSSR count).